The molecule has 2 rings (SSSR count). The largest absolute Gasteiger partial charge is 0.377 e. The number of hydrogen-bond acceptors (Lipinski definition) is 5. The number of hydrogen-bond donors (Lipinski definition) is 1. The molecule has 1 unspecified atom stereocenters. The van der Waals surface area contributed by atoms with E-state index in [1.54, 1.807) is 7.11 Å². The molecule has 112 valence electrons. The van der Waals surface area contributed by atoms with E-state index in [1.807, 2.05) is 6.92 Å². The number of carbonyl (C=O) groups is 1. The van der Waals surface area contributed by atoms with Crippen LogP contribution in [0.2, 0.25) is 0 Å². The SMILES string of the molecule is COCc1noc(C(C)NC(=O)CC2CCCCC2)n1. The summed E-state index contributed by atoms with van der Waals surface area (Å²) in [5.41, 5.74) is 0. The van der Waals surface area contributed by atoms with Gasteiger partial charge in [0.05, 0.1) is 0 Å². The fraction of sp³-hybridized carbons (Fsp3) is 0.786. The summed E-state index contributed by atoms with van der Waals surface area (Å²) < 4.78 is 10.0. The second-order valence-corrected chi connectivity index (χ2v) is 5.48. The van der Waals surface area contributed by atoms with Crippen LogP contribution in [0.25, 0.3) is 0 Å². The predicted molar refractivity (Wildman–Crippen MR) is 72.8 cm³/mol. The maximum Gasteiger partial charge on any atom is 0.249 e. The van der Waals surface area contributed by atoms with Crippen LogP contribution in [0.1, 0.15) is 63.2 Å². The Morgan fingerprint density at radius 1 is 1.45 bits per heavy atom. The number of aromatic nitrogens is 2. The fourth-order valence-electron chi connectivity index (χ4n) is 2.65. The first-order valence-corrected chi connectivity index (χ1v) is 7.30. The van der Waals surface area contributed by atoms with Gasteiger partial charge in [-0.2, -0.15) is 4.98 Å². The van der Waals surface area contributed by atoms with Gasteiger partial charge in [0.15, 0.2) is 5.82 Å². The Labute approximate surface area is 119 Å². The lowest BCUT2D eigenvalue weighted by Gasteiger charge is -2.21. The number of carbonyl (C=O) groups excluding carboxylic acids is 1. The monoisotopic (exact) mass is 281 g/mol. The predicted octanol–water partition coefficient (Wildman–Crippen LogP) is 2.36. The number of methoxy groups -OCH3 is 1. The van der Waals surface area contributed by atoms with Crippen LogP contribution in [0.3, 0.4) is 0 Å². The van der Waals surface area contributed by atoms with Crippen molar-refractivity contribution in [2.75, 3.05) is 7.11 Å². The molecule has 0 radical (unpaired) electrons. The molecule has 20 heavy (non-hydrogen) atoms. The maximum atomic E-state index is 12.0. The summed E-state index contributed by atoms with van der Waals surface area (Å²) in [5.74, 6) is 1.52. The number of amides is 1. The molecule has 1 N–H and O–H groups in total. The van der Waals surface area contributed by atoms with Crippen molar-refractivity contribution in [3.8, 4) is 0 Å². The van der Waals surface area contributed by atoms with Crippen molar-refractivity contribution in [1.29, 1.82) is 0 Å². The summed E-state index contributed by atoms with van der Waals surface area (Å²) in [6, 6.07) is -0.260. The first-order valence-electron chi connectivity index (χ1n) is 7.30. The molecule has 1 amide bonds. The van der Waals surface area contributed by atoms with Crippen LogP contribution >= 0.6 is 0 Å². The van der Waals surface area contributed by atoms with Crippen molar-refractivity contribution in [1.82, 2.24) is 15.5 Å². The molecular weight excluding hydrogens is 258 g/mol. The second kappa shape index (κ2) is 7.38. The van der Waals surface area contributed by atoms with Crippen LogP contribution in [-0.2, 0) is 16.1 Å². The van der Waals surface area contributed by atoms with Crippen molar-refractivity contribution in [2.45, 2.75) is 58.1 Å². The average molecular weight is 281 g/mol. The Bertz CT molecular complexity index is 427. The minimum absolute atomic E-state index is 0.0656. The Kier molecular flexibility index (Phi) is 5.52. The van der Waals surface area contributed by atoms with Crippen molar-refractivity contribution in [3.63, 3.8) is 0 Å². The van der Waals surface area contributed by atoms with E-state index in [1.165, 1.54) is 32.1 Å². The van der Waals surface area contributed by atoms with Gasteiger partial charge in [-0.15, -0.1) is 0 Å². The molecule has 6 heteroatoms. The van der Waals surface area contributed by atoms with Gasteiger partial charge in [0.1, 0.15) is 12.6 Å². The van der Waals surface area contributed by atoms with Crippen molar-refractivity contribution in [3.05, 3.63) is 11.7 Å². The van der Waals surface area contributed by atoms with E-state index >= 15 is 0 Å². The third kappa shape index (κ3) is 4.30. The van der Waals surface area contributed by atoms with Crippen LogP contribution < -0.4 is 5.32 Å². The number of ether oxygens (including phenoxy) is 1. The molecule has 1 aliphatic rings. The lowest BCUT2D eigenvalue weighted by molar-refractivity contribution is -0.123. The van der Waals surface area contributed by atoms with E-state index in [0.717, 1.165) is 0 Å². The zero-order valence-electron chi connectivity index (χ0n) is 12.2. The van der Waals surface area contributed by atoms with E-state index in [-0.39, 0.29) is 11.9 Å². The molecule has 0 saturated heterocycles. The molecular formula is C14H23N3O3. The molecule has 1 heterocycles. The Hall–Kier alpha value is -1.43. The molecule has 1 aromatic heterocycles. The molecule has 0 aliphatic heterocycles. The zero-order chi connectivity index (χ0) is 14.4. The molecule has 0 spiro atoms. The normalized spacial score (nSPS) is 17.9. The highest BCUT2D eigenvalue weighted by Gasteiger charge is 2.20. The first kappa shape index (κ1) is 15.0. The van der Waals surface area contributed by atoms with Gasteiger partial charge >= 0.3 is 0 Å². The smallest absolute Gasteiger partial charge is 0.249 e. The quantitative estimate of drug-likeness (QED) is 0.866. The van der Waals surface area contributed by atoms with E-state index in [4.69, 9.17) is 9.26 Å². The van der Waals surface area contributed by atoms with Crippen molar-refractivity contribution < 1.29 is 14.1 Å². The van der Waals surface area contributed by atoms with Gasteiger partial charge in [0, 0.05) is 13.5 Å². The first-order chi connectivity index (χ1) is 9.69. The van der Waals surface area contributed by atoms with Gasteiger partial charge in [-0.3, -0.25) is 4.79 Å². The summed E-state index contributed by atoms with van der Waals surface area (Å²) in [6.07, 6.45) is 6.73. The van der Waals surface area contributed by atoms with E-state index in [9.17, 15) is 4.79 Å². The minimum atomic E-state index is -0.260. The Balaban J connectivity index is 1.79. The van der Waals surface area contributed by atoms with Crippen molar-refractivity contribution in [2.24, 2.45) is 5.92 Å². The van der Waals surface area contributed by atoms with E-state index in [0.29, 0.717) is 30.7 Å². The molecule has 1 saturated carbocycles. The molecule has 0 aromatic carbocycles. The molecule has 0 bridgehead atoms. The summed E-state index contributed by atoms with van der Waals surface area (Å²) in [5, 5.41) is 6.71. The summed E-state index contributed by atoms with van der Waals surface area (Å²) >= 11 is 0. The van der Waals surface area contributed by atoms with Gasteiger partial charge in [0.2, 0.25) is 11.8 Å². The highest BCUT2D eigenvalue weighted by Crippen LogP contribution is 2.26. The van der Waals surface area contributed by atoms with Crippen LogP contribution in [0.15, 0.2) is 4.52 Å². The van der Waals surface area contributed by atoms with Gasteiger partial charge in [-0.1, -0.05) is 24.4 Å². The minimum Gasteiger partial charge on any atom is -0.377 e. The maximum absolute atomic E-state index is 12.0. The van der Waals surface area contributed by atoms with Gasteiger partial charge in [-0.25, -0.2) is 0 Å². The molecule has 1 aliphatic carbocycles. The van der Waals surface area contributed by atoms with Crippen LogP contribution in [0.5, 0.6) is 0 Å². The average Bonchev–Trinajstić information content (AvgIpc) is 2.89. The third-order valence-electron chi connectivity index (χ3n) is 3.70. The Morgan fingerprint density at radius 3 is 2.90 bits per heavy atom. The standard InChI is InChI=1S/C14H23N3O3/c1-10(14-16-12(9-19-2)17-20-14)15-13(18)8-11-6-4-3-5-7-11/h10-11H,3-9H2,1-2H3,(H,15,18). The highest BCUT2D eigenvalue weighted by molar-refractivity contribution is 5.76. The number of nitrogens with zero attached hydrogens (tertiary/aromatic N) is 2. The highest BCUT2D eigenvalue weighted by atomic mass is 16.5. The van der Waals surface area contributed by atoms with Crippen LogP contribution in [-0.4, -0.2) is 23.2 Å². The van der Waals surface area contributed by atoms with E-state index < -0.39 is 0 Å². The summed E-state index contributed by atoms with van der Waals surface area (Å²) in [7, 11) is 1.57. The molecule has 6 nitrogen and oxygen atoms in total. The van der Waals surface area contributed by atoms with E-state index in [2.05, 4.69) is 15.5 Å². The van der Waals surface area contributed by atoms with Crippen LogP contribution in [0, 0.1) is 5.92 Å². The van der Waals surface area contributed by atoms with Gasteiger partial charge in [0.25, 0.3) is 0 Å². The van der Waals surface area contributed by atoms with Crippen molar-refractivity contribution >= 4 is 5.91 Å². The molecule has 1 fully saturated rings. The fourth-order valence-corrected chi connectivity index (χ4v) is 2.65. The van der Waals surface area contributed by atoms with Crippen LogP contribution in [0.4, 0.5) is 0 Å². The second-order valence-electron chi connectivity index (χ2n) is 5.48. The van der Waals surface area contributed by atoms with Gasteiger partial charge < -0.3 is 14.6 Å². The zero-order valence-corrected chi connectivity index (χ0v) is 12.2. The topological polar surface area (TPSA) is 77.3 Å². The lowest BCUT2D eigenvalue weighted by atomic mass is 9.87. The molecule has 1 aromatic rings. The van der Waals surface area contributed by atoms with Gasteiger partial charge in [-0.05, 0) is 25.7 Å². The number of rotatable bonds is 6. The third-order valence-corrected chi connectivity index (χ3v) is 3.70. The number of nitrogens with one attached hydrogen (secondary N) is 1. The summed E-state index contributed by atoms with van der Waals surface area (Å²) in [6.45, 7) is 2.16. The summed E-state index contributed by atoms with van der Waals surface area (Å²) in [4.78, 5) is 16.2. The molecule has 1 atom stereocenters. The lowest BCUT2D eigenvalue weighted by Crippen LogP contribution is -2.29. The Morgan fingerprint density at radius 2 is 2.20 bits per heavy atom.